The van der Waals surface area contributed by atoms with Crippen LogP contribution >= 0.6 is 11.3 Å². The zero-order chi connectivity index (χ0) is 23.5. The SMILES string of the molecule is CC.CC.CCN(C)C.CCN(C)CN(C)C.c1ccc2c(c1)sc1ccccc12. The Labute approximate surface area is 191 Å². The Bertz CT molecular complexity index is 700. The van der Waals surface area contributed by atoms with Gasteiger partial charge in [-0.15, -0.1) is 11.3 Å². The van der Waals surface area contributed by atoms with Gasteiger partial charge >= 0.3 is 0 Å². The van der Waals surface area contributed by atoms with Crippen LogP contribution in [0.4, 0.5) is 0 Å². The zero-order valence-corrected chi connectivity index (χ0v) is 22.3. The second kappa shape index (κ2) is 19.5. The number of thiophene rings is 1. The summed E-state index contributed by atoms with van der Waals surface area (Å²) in [5.41, 5.74) is 0. The van der Waals surface area contributed by atoms with Crippen molar-refractivity contribution in [1.29, 1.82) is 0 Å². The van der Waals surface area contributed by atoms with Crippen LogP contribution < -0.4 is 0 Å². The number of benzene rings is 2. The minimum atomic E-state index is 1.05. The minimum Gasteiger partial charge on any atom is -0.310 e. The molecule has 0 aliphatic heterocycles. The van der Waals surface area contributed by atoms with E-state index < -0.39 is 0 Å². The summed E-state index contributed by atoms with van der Waals surface area (Å²) in [5.74, 6) is 0. The molecule has 172 valence electrons. The van der Waals surface area contributed by atoms with E-state index in [0.717, 1.165) is 19.8 Å². The van der Waals surface area contributed by atoms with Crippen molar-refractivity contribution in [3.05, 3.63) is 48.5 Å². The molecule has 0 aliphatic rings. The lowest BCUT2D eigenvalue weighted by atomic mass is 10.2. The Morgan fingerprint density at radius 3 is 1.23 bits per heavy atom. The molecule has 0 bridgehead atoms. The van der Waals surface area contributed by atoms with Gasteiger partial charge in [-0.3, -0.25) is 9.80 Å². The average Bonchev–Trinajstić information content (AvgIpc) is 3.15. The van der Waals surface area contributed by atoms with Crippen molar-refractivity contribution in [2.75, 3.05) is 55.0 Å². The van der Waals surface area contributed by atoms with Crippen molar-refractivity contribution >= 4 is 31.5 Å². The van der Waals surface area contributed by atoms with Crippen LogP contribution in [0.3, 0.4) is 0 Å². The highest BCUT2D eigenvalue weighted by molar-refractivity contribution is 7.25. The van der Waals surface area contributed by atoms with Crippen LogP contribution in [0.15, 0.2) is 48.5 Å². The topological polar surface area (TPSA) is 9.72 Å². The largest absolute Gasteiger partial charge is 0.310 e. The maximum absolute atomic E-state index is 2.25. The van der Waals surface area contributed by atoms with E-state index in [1.165, 1.54) is 20.2 Å². The molecule has 0 unspecified atom stereocenters. The number of rotatable bonds is 4. The molecule has 1 heterocycles. The van der Waals surface area contributed by atoms with Crippen molar-refractivity contribution < 1.29 is 0 Å². The summed E-state index contributed by atoms with van der Waals surface area (Å²) >= 11 is 1.86. The molecule has 0 N–H and O–H groups in total. The summed E-state index contributed by atoms with van der Waals surface area (Å²) in [7, 11) is 10.4. The fourth-order valence-electron chi connectivity index (χ4n) is 2.26. The van der Waals surface area contributed by atoms with E-state index in [1.54, 1.807) is 0 Å². The Hall–Kier alpha value is -1.46. The first-order chi connectivity index (χ1) is 14.4. The molecule has 4 heteroatoms. The summed E-state index contributed by atoms with van der Waals surface area (Å²) in [5, 5.41) is 2.76. The molecule has 30 heavy (non-hydrogen) atoms. The summed E-state index contributed by atoms with van der Waals surface area (Å²) < 4.78 is 2.76. The third kappa shape index (κ3) is 13.0. The lowest BCUT2D eigenvalue weighted by Gasteiger charge is -2.18. The van der Waals surface area contributed by atoms with Gasteiger partial charge in [-0.1, -0.05) is 77.9 Å². The van der Waals surface area contributed by atoms with Gasteiger partial charge in [-0.05, 0) is 60.5 Å². The Morgan fingerprint density at radius 2 is 0.967 bits per heavy atom. The predicted octanol–water partition coefficient (Wildman–Crippen LogP) is 7.13. The lowest BCUT2D eigenvalue weighted by Crippen LogP contribution is -2.29. The van der Waals surface area contributed by atoms with E-state index in [0.29, 0.717) is 0 Å². The second-order valence-corrected chi connectivity index (χ2v) is 7.97. The first-order valence-corrected chi connectivity index (χ1v) is 12.0. The highest BCUT2D eigenvalue weighted by atomic mass is 32.1. The van der Waals surface area contributed by atoms with Gasteiger partial charge in [0.2, 0.25) is 0 Å². The van der Waals surface area contributed by atoms with Crippen molar-refractivity contribution in [2.45, 2.75) is 41.5 Å². The maximum Gasteiger partial charge on any atom is 0.0497 e. The monoisotopic (exact) mass is 433 g/mol. The smallest absolute Gasteiger partial charge is 0.0497 e. The van der Waals surface area contributed by atoms with Gasteiger partial charge in [0, 0.05) is 26.8 Å². The molecule has 1 aromatic heterocycles. The second-order valence-electron chi connectivity index (χ2n) is 6.88. The van der Waals surface area contributed by atoms with E-state index >= 15 is 0 Å². The molecule has 0 radical (unpaired) electrons. The summed E-state index contributed by atoms with van der Waals surface area (Å²) in [4.78, 5) is 6.53. The third-order valence-electron chi connectivity index (χ3n) is 3.98. The number of fused-ring (bicyclic) bond motifs is 3. The van der Waals surface area contributed by atoms with Crippen LogP contribution in [-0.2, 0) is 0 Å². The molecule has 3 nitrogen and oxygen atoms in total. The highest BCUT2D eigenvalue weighted by Gasteiger charge is 2.01. The molecule has 0 atom stereocenters. The minimum absolute atomic E-state index is 1.05. The number of nitrogens with zero attached hydrogens (tertiary/aromatic N) is 3. The first kappa shape index (κ1) is 30.7. The number of hydrogen-bond donors (Lipinski definition) is 0. The molecule has 3 aromatic rings. The molecular weight excluding hydrogens is 386 g/mol. The molecule has 0 amide bonds. The molecule has 3 rings (SSSR count). The number of hydrogen-bond acceptors (Lipinski definition) is 4. The fraction of sp³-hybridized carbons (Fsp3) is 0.538. The summed E-state index contributed by atoms with van der Waals surface area (Å²) in [6, 6.07) is 17.1. The van der Waals surface area contributed by atoms with Gasteiger partial charge < -0.3 is 4.90 Å². The highest BCUT2D eigenvalue weighted by Crippen LogP contribution is 2.32. The molecule has 0 spiro atoms. The van der Waals surface area contributed by atoms with Crippen molar-refractivity contribution in [3.8, 4) is 0 Å². The molecule has 0 saturated carbocycles. The van der Waals surface area contributed by atoms with Crippen molar-refractivity contribution in [2.24, 2.45) is 0 Å². The molecule has 0 saturated heterocycles. The van der Waals surface area contributed by atoms with Crippen LogP contribution in [0.1, 0.15) is 41.5 Å². The first-order valence-electron chi connectivity index (χ1n) is 11.2. The summed E-state index contributed by atoms with van der Waals surface area (Å²) in [6.07, 6.45) is 0. The van der Waals surface area contributed by atoms with E-state index in [9.17, 15) is 0 Å². The van der Waals surface area contributed by atoms with Crippen molar-refractivity contribution in [3.63, 3.8) is 0 Å². The summed E-state index contributed by atoms with van der Waals surface area (Å²) in [6.45, 7) is 15.6. The van der Waals surface area contributed by atoms with E-state index in [4.69, 9.17) is 0 Å². The zero-order valence-electron chi connectivity index (χ0n) is 21.5. The van der Waals surface area contributed by atoms with E-state index in [1.807, 2.05) is 39.0 Å². The Kier molecular flexibility index (Phi) is 20.0. The van der Waals surface area contributed by atoms with Crippen LogP contribution in [0.25, 0.3) is 20.2 Å². The molecular formula is C26H47N3S. The lowest BCUT2D eigenvalue weighted by molar-refractivity contribution is 0.219. The molecule has 0 aliphatic carbocycles. The molecule has 0 fully saturated rings. The van der Waals surface area contributed by atoms with Gasteiger partial charge in [-0.25, -0.2) is 0 Å². The Morgan fingerprint density at radius 1 is 0.600 bits per heavy atom. The van der Waals surface area contributed by atoms with Crippen LogP contribution in [0.2, 0.25) is 0 Å². The standard InChI is InChI=1S/C12H8S.C6H16N2.C4H11N.2C2H6/c1-3-7-11-9(5-1)10-6-2-4-8-12(10)13-11;1-5-8(4)6-7(2)3;1-4-5(2)3;2*1-2/h1-8H;5-6H2,1-4H3;4H2,1-3H3;2*1-2H3. The van der Waals surface area contributed by atoms with Crippen LogP contribution in [0.5, 0.6) is 0 Å². The maximum atomic E-state index is 2.25. The van der Waals surface area contributed by atoms with Gasteiger partial charge in [0.25, 0.3) is 0 Å². The van der Waals surface area contributed by atoms with Gasteiger partial charge in [-0.2, -0.15) is 0 Å². The fourth-order valence-corrected chi connectivity index (χ4v) is 3.36. The van der Waals surface area contributed by atoms with Crippen molar-refractivity contribution in [1.82, 2.24) is 14.7 Å². The van der Waals surface area contributed by atoms with E-state index in [2.05, 4.69) is 112 Å². The van der Waals surface area contributed by atoms with E-state index in [-0.39, 0.29) is 0 Å². The third-order valence-corrected chi connectivity index (χ3v) is 5.13. The molecule has 2 aromatic carbocycles. The predicted molar refractivity (Wildman–Crippen MR) is 143 cm³/mol. The normalized spacial score (nSPS) is 9.80. The quantitative estimate of drug-likeness (QED) is 0.405. The van der Waals surface area contributed by atoms with Gasteiger partial charge in [0.1, 0.15) is 0 Å². The van der Waals surface area contributed by atoms with Gasteiger partial charge in [0.05, 0.1) is 0 Å². The van der Waals surface area contributed by atoms with Gasteiger partial charge in [0.15, 0.2) is 0 Å². The van der Waals surface area contributed by atoms with Crippen LogP contribution in [-0.4, -0.2) is 69.7 Å². The van der Waals surface area contributed by atoms with Crippen LogP contribution in [0, 0.1) is 0 Å². The Balaban J connectivity index is 0. The average molecular weight is 434 g/mol.